The standard InChI is InChI=1S/C15H25N3O2/c1-15(2,3)8-14(19)17-12-9-16-18(10-12)11-13-6-4-5-7-20-13/h9-10,13H,4-8,11H2,1-3H3,(H,17,19). The molecule has 1 fully saturated rings. The zero-order valence-corrected chi connectivity index (χ0v) is 12.7. The first-order valence-electron chi connectivity index (χ1n) is 7.36. The topological polar surface area (TPSA) is 56.2 Å². The van der Waals surface area contributed by atoms with E-state index in [2.05, 4.69) is 31.2 Å². The normalized spacial score (nSPS) is 19.9. The van der Waals surface area contributed by atoms with Crippen molar-refractivity contribution >= 4 is 11.6 Å². The highest BCUT2D eigenvalue weighted by Crippen LogP contribution is 2.20. The highest BCUT2D eigenvalue weighted by atomic mass is 16.5. The van der Waals surface area contributed by atoms with Gasteiger partial charge in [0.25, 0.3) is 0 Å². The van der Waals surface area contributed by atoms with Crippen LogP contribution in [0.25, 0.3) is 0 Å². The van der Waals surface area contributed by atoms with Gasteiger partial charge in [-0.25, -0.2) is 0 Å². The minimum absolute atomic E-state index is 0.00395. The number of carbonyl (C=O) groups is 1. The molecular weight excluding hydrogens is 254 g/mol. The Morgan fingerprint density at radius 2 is 2.30 bits per heavy atom. The first-order chi connectivity index (χ1) is 9.42. The van der Waals surface area contributed by atoms with Crippen molar-refractivity contribution in [1.29, 1.82) is 0 Å². The molecule has 0 saturated carbocycles. The number of nitrogens with one attached hydrogen (secondary N) is 1. The predicted octanol–water partition coefficient (Wildman–Crippen LogP) is 2.83. The van der Waals surface area contributed by atoms with Crippen LogP contribution in [0, 0.1) is 5.41 Å². The molecule has 112 valence electrons. The fourth-order valence-corrected chi connectivity index (χ4v) is 2.37. The Bertz CT molecular complexity index is 442. The summed E-state index contributed by atoms with van der Waals surface area (Å²) in [5.74, 6) is 0.0333. The van der Waals surface area contributed by atoms with Gasteiger partial charge in [-0.15, -0.1) is 0 Å². The molecule has 1 amide bonds. The molecule has 5 nitrogen and oxygen atoms in total. The summed E-state index contributed by atoms with van der Waals surface area (Å²) >= 11 is 0. The molecule has 1 aliphatic heterocycles. The molecule has 0 spiro atoms. The second kappa shape index (κ2) is 6.39. The molecule has 2 heterocycles. The van der Waals surface area contributed by atoms with E-state index >= 15 is 0 Å². The summed E-state index contributed by atoms with van der Waals surface area (Å²) in [5.41, 5.74) is 0.755. The van der Waals surface area contributed by atoms with Gasteiger partial charge in [-0.1, -0.05) is 20.8 Å². The van der Waals surface area contributed by atoms with Crippen LogP contribution in [0.1, 0.15) is 46.5 Å². The van der Waals surface area contributed by atoms with Gasteiger partial charge >= 0.3 is 0 Å². The Labute approximate surface area is 120 Å². The summed E-state index contributed by atoms with van der Waals surface area (Å²) in [5, 5.41) is 7.17. The van der Waals surface area contributed by atoms with Crippen molar-refractivity contribution in [2.24, 2.45) is 5.41 Å². The van der Waals surface area contributed by atoms with E-state index < -0.39 is 0 Å². The Morgan fingerprint density at radius 1 is 1.50 bits per heavy atom. The second-order valence-electron chi connectivity index (χ2n) is 6.73. The van der Waals surface area contributed by atoms with Gasteiger partial charge in [0.05, 0.1) is 24.5 Å². The summed E-state index contributed by atoms with van der Waals surface area (Å²) in [6, 6.07) is 0. The van der Waals surface area contributed by atoms with Crippen molar-refractivity contribution < 1.29 is 9.53 Å². The van der Waals surface area contributed by atoms with Crippen LogP contribution in [0.15, 0.2) is 12.4 Å². The van der Waals surface area contributed by atoms with E-state index in [9.17, 15) is 4.79 Å². The van der Waals surface area contributed by atoms with E-state index in [1.165, 1.54) is 6.42 Å². The molecule has 20 heavy (non-hydrogen) atoms. The first-order valence-corrected chi connectivity index (χ1v) is 7.36. The predicted molar refractivity (Wildman–Crippen MR) is 78.5 cm³/mol. The smallest absolute Gasteiger partial charge is 0.224 e. The third-order valence-corrected chi connectivity index (χ3v) is 3.27. The largest absolute Gasteiger partial charge is 0.376 e. The fraction of sp³-hybridized carbons (Fsp3) is 0.733. The molecule has 1 atom stereocenters. The zero-order valence-electron chi connectivity index (χ0n) is 12.7. The van der Waals surface area contributed by atoms with Gasteiger partial charge in [0.15, 0.2) is 0 Å². The van der Waals surface area contributed by atoms with Gasteiger partial charge in [0.1, 0.15) is 0 Å². The summed E-state index contributed by atoms with van der Waals surface area (Å²) in [7, 11) is 0. The third-order valence-electron chi connectivity index (χ3n) is 3.27. The molecule has 1 aromatic rings. The van der Waals surface area contributed by atoms with Crippen molar-refractivity contribution in [1.82, 2.24) is 9.78 Å². The SMILES string of the molecule is CC(C)(C)CC(=O)Nc1cnn(CC2CCCCO2)c1. The van der Waals surface area contributed by atoms with Crippen LogP contribution in [0.2, 0.25) is 0 Å². The minimum atomic E-state index is -0.00395. The van der Waals surface area contributed by atoms with Crippen LogP contribution < -0.4 is 5.32 Å². The quantitative estimate of drug-likeness (QED) is 0.922. The number of hydrogen-bond donors (Lipinski definition) is 1. The number of nitrogens with zero attached hydrogens (tertiary/aromatic N) is 2. The molecule has 5 heteroatoms. The van der Waals surface area contributed by atoms with E-state index in [1.807, 2.05) is 10.9 Å². The molecule has 0 aromatic carbocycles. The van der Waals surface area contributed by atoms with Gasteiger partial charge in [-0.3, -0.25) is 9.48 Å². The van der Waals surface area contributed by atoms with Crippen molar-refractivity contribution in [2.75, 3.05) is 11.9 Å². The first kappa shape index (κ1) is 15.0. The van der Waals surface area contributed by atoms with Crippen LogP contribution in [-0.2, 0) is 16.1 Å². The maximum absolute atomic E-state index is 11.9. The highest BCUT2D eigenvalue weighted by Gasteiger charge is 2.17. The molecule has 0 radical (unpaired) electrons. The van der Waals surface area contributed by atoms with Crippen LogP contribution in [-0.4, -0.2) is 28.4 Å². The Kier molecular flexibility index (Phi) is 4.81. The zero-order chi connectivity index (χ0) is 14.6. The summed E-state index contributed by atoms with van der Waals surface area (Å²) in [6.45, 7) is 7.76. The third kappa shape index (κ3) is 4.96. The molecule has 1 N–H and O–H groups in total. The van der Waals surface area contributed by atoms with Crippen molar-refractivity contribution in [3.05, 3.63) is 12.4 Å². The molecule has 1 aromatic heterocycles. The van der Waals surface area contributed by atoms with E-state index in [-0.39, 0.29) is 17.4 Å². The number of hydrogen-bond acceptors (Lipinski definition) is 3. The Hall–Kier alpha value is -1.36. The average molecular weight is 279 g/mol. The van der Waals surface area contributed by atoms with Crippen molar-refractivity contribution in [2.45, 2.75) is 59.1 Å². The minimum Gasteiger partial charge on any atom is -0.376 e. The lowest BCUT2D eigenvalue weighted by molar-refractivity contribution is -0.117. The van der Waals surface area contributed by atoms with Crippen LogP contribution in [0.3, 0.4) is 0 Å². The maximum Gasteiger partial charge on any atom is 0.224 e. The molecule has 2 rings (SSSR count). The van der Waals surface area contributed by atoms with Gasteiger partial charge < -0.3 is 10.1 Å². The van der Waals surface area contributed by atoms with Crippen molar-refractivity contribution in [3.63, 3.8) is 0 Å². The highest BCUT2D eigenvalue weighted by molar-refractivity contribution is 5.90. The van der Waals surface area contributed by atoms with Gasteiger partial charge in [0, 0.05) is 19.2 Å². The maximum atomic E-state index is 11.9. The molecule has 1 saturated heterocycles. The Balaban J connectivity index is 1.84. The fourth-order valence-electron chi connectivity index (χ4n) is 2.37. The lowest BCUT2D eigenvalue weighted by Gasteiger charge is -2.22. The summed E-state index contributed by atoms with van der Waals surface area (Å²) in [4.78, 5) is 11.9. The number of ether oxygens (including phenoxy) is 1. The average Bonchev–Trinajstić information content (AvgIpc) is 2.75. The second-order valence-corrected chi connectivity index (χ2v) is 6.73. The van der Waals surface area contributed by atoms with Gasteiger partial charge in [-0.05, 0) is 24.7 Å². The summed E-state index contributed by atoms with van der Waals surface area (Å²) < 4.78 is 7.54. The van der Waals surface area contributed by atoms with Crippen molar-refractivity contribution in [3.8, 4) is 0 Å². The monoisotopic (exact) mass is 279 g/mol. The number of carbonyl (C=O) groups excluding carboxylic acids is 1. The van der Waals surface area contributed by atoms with E-state index in [1.54, 1.807) is 6.20 Å². The van der Waals surface area contributed by atoms with Gasteiger partial charge in [0.2, 0.25) is 5.91 Å². The number of rotatable bonds is 4. The molecule has 0 aliphatic carbocycles. The molecule has 1 unspecified atom stereocenters. The Morgan fingerprint density at radius 3 is 2.95 bits per heavy atom. The van der Waals surface area contributed by atoms with Crippen LogP contribution >= 0.6 is 0 Å². The van der Waals surface area contributed by atoms with Crippen LogP contribution in [0.4, 0.5) is 5.69 Å². The number of amides is 1. The van der Waals surface area contributed by atoms with Gasteiger partial charge in [-0.2, -0.15) is 5.10 Å². The summed E-state index contributed by atoms with van der Waals surface area (Å²) in [6.07, 6.45) is 7.80. The number of anilines is 1. The lowest BCUT2D eigenvalue weighted by Crippen LogP contribution is -2.24. The van der Waals surface area contributed by atoms with E-state index in [4.69, 9.17) is 4.74 Å². The lowest BCUT2D eigenvalue weighted by atomic mass is 9.92. The number of aromatic nitrogens is 2. The van der Waals surface area contributed by atoms with E-state index in [0.717, 1.165) is 31.7 Å². The van der Waals surface area contributed by atoms with E-state index in [0.29, 0.717) is 6.42 Å². The molecule has 1 aliphatic rings. The molecular formula is C15H25N3O2. The molecule has 0 bridgehead atoms. The van der Waals surface area contributed by atoms with Crippen LogP contribution in [0.5, 0.6) is 0 Å².